The van der Waals surface area contributed by atoms with Gasteiger partial charge in [-0.25, -0.2) is 0 Å². The van der Waals surface area contributed by atoms with E-state index in [2.05, 4.69) is 135 Å². The lowest BCUT2D eigenvalue weighted by Gasteiger charge is -2.55. The van der Waals surface area contributed by atoms with Crippen molar-refractivity contribution in [2.45, 2.75) is 379 Å². The highest BCUT2D eigenvalue weighted by Gasteiger charge is 2.59. The van der Waals surface area contributed by atoms with Crippen molar-refractivity contribution in [2.75, 3.05) is 26.4 Å². The molecule has 10 fully saturated rings. The van der Waals surface area contributed by atoms with Crippen LogP contribution in [0.25, 0.3) is 0 Å². The van der Waals surface area contributed by atoms with Gasteiger partial charge in [0.2, 0.25) is 6.29 Å². The highest BCUT2D eigenvalue weighted by molar-refractivity contribution is 5.66. The summed E-state index contributed by atoms with van der Waals surface area (Å²) in [7, 11) is 0. The van der Waals surface area contributed by atoms with Gasteiger partial charge in [-0.05, 0) is 267 Å². The molecular weight excluding hydrogens is 1220 g/mol. The minimum absolute atomic E-state index is 0.0288. The van der Waals surface area contributed by atoms with Gasteiger partial charge < -0.3 is 33.5 Å². The maximum absolute atomic E-state index is 11.7. The molecule has 1 N–H and O–H groups in total. The van der Waals surface area contributed by atoms with E-state index in [1.54, 1.807) is 22.3 Å². The van der Waals surface area contributed by atoms with Gasteiger partial charge in [0, 0.05) is 37.5 Å². The molecule has 4 saturated heterocycles. The number of fused-ring (bicyclic) bond motifs is 4. The lowest BCUT2D eigenvalue weighted by atomic mass is 9.52. The van der Waals surface area contributed by atoms with E-state index in [4.69, 9.17) is 28.4 Å². The summed E-state index contributed by atoms with van der Waals surface area (Å²) in [6, 6.07) is 0. The average molecular weight is 1380 g/mol. The molecule has 564 valence electrons. The van der Waals surface area contributed by atoms with Crippen molar-refractivity contribution in [3.63, 3.8) is 0 Å². The summed E-state index contributed by atoms with van der Waals surface area (Å²) in [5.41, 5.74) is 9.64. The molecule has 4 aliphatic heterocycles. The third kappa shape index (κ3) is 19.1. The first kappa shape index (κ1) is 79.3. The van der Waals surface area contributed by atoms with Gasteiger partial charge in [0.05, 0.1) is 56.4 Å². The normalized spacial score (nSPS) is 42.2. The molecule has 9 nitrogen and oxygen atoms in total. The number of aliphatic hydroxyl groups is 1. The Hall–Kier alpha value is -2.30. The van der Waals surface area contributed by atoms with Gasteiger partial charge in [-0.3, -0.25) is 9.59 Å². The molecule has 6 saturated carbocycles. The molecule has 0 bridgehead atoms. The number of carbonyl (C=O) groups is 2. The zero-order chi connectivity index (χ0) is 71.6. The topological polar surface area (TPSA) is 110 Å². The van der Waals surface area contributed by atoms with Crippen molar-refractivity contribution >= 4 is 11.9 Å². The van der Waals surface area contributed by atoms with E-state index in [0.717, 1.165) is 82.0 Å². The molecule has 0 aromatic rings. The summed E-state index contributed by atoms with van der Waals surface area (Å²) in [4.78, 5) is 22.3. The molecule has 0 spiro atoms. The Kier molecular flexibility index (Phi) is 26.0. The third-order valence-corrected chi connectivity index (χ3v) is 30.5. The number of hydrogen-bond donors (Lipinski definition) is 1. The zero-order valence-electron chi connectivity index (χ0n) is 67.1. The lowest BCUT2D eigenvalue weighted by molar-refractivity contribution is -0.182. The van der Waals surface area contributed by atoms with Crippen LogP contribution in [-0.2, 0) is 38.0 Å². The Bertz CT molecular complexity index is 2730. The second kappa shape index (κ2) is 32.4. The van der Waals surface area contributed by atoms with Crippen LogP contribution in [0.3, 0.4) is 0 Å². The number of hydrogen-bond acceptors (Lipinski definition) is 9. The van der Waals surface area contributed by atoms with Crippen molar-refractivity contribution in [3.05, 3.63) is 46.6 Å². The molecule has 1 unspecified atom stereocenters. The summed E-state index contributed by atoms with van der Waals surface area (Å²) in [6.45, 7) is 44.4. The smallest absolute Gasteiger partial charge is 0.304 e. The van der Waals surface area contributed by atoms with E-state index >= 15 is 0 Å². The van der Waals surface area contributed by atoms with Gasteiger partial charge in [-0.1, -0.05) is 187 Å². The molecule has 14 rings (SSSR count). The first-order valence-corrected chi connectivity index (χ1v) is 42.0. The van der Waals surface area contributed by atoms with Crippen LogP contribution >= 0.6 is 0 Å². The van der Waals surface area contributed by atoms with E-state index in [1.807, 2.05) is 0 Å². The van der Waals surface area contributed by atoms with Crippen LogP contribution in [0.2, 0.25) is 0 Å². The second-order valence-corrected chi connectivity index (χ2v) is 40.1. The monoisotopic (exact) mass is 1380 g/mol. The molecule has 0 radical (unpaired) electrons. The van der Waals surface area contributed by atoms with Crippen LogP contribution in [0, 0.1) is 102 Å². The molecule has 99 heavy (non-hydrogen) atoms. The van der Waals surface area contributed by atoms with Crippen molar-refractivity contribution < 1.29 is 43.1 Å². The molecule has 14 aliphatic rings. The number of rotatable bonds is 9. The van der Waals surface area contributed by atoms with Crippen LogP contribution in [0.1, 0.15) is 343 Å². The van der Waals surface area contributed by atoms with Crippen LogP contribution in [-0.4, -0.2) is 79.8 Å². The van der Waals surface area contributed by atoms with Crippen molar-refractivity contribution in [1.29, 1.82) is 0 Å². The summed E-state index contributed by atoms with van der Waals surface area (Å²) in [6.07, 6.45) is 55.4. The number of allylic oxidation sites excluding steroid dienone is 5. The fraction of sp³-hybridized carbons (Fsp3) is 0.889. The quantitative estimate of drug-likeness (QED) is 0.178. The van der Waals surface area contributed by atoms with E-state index in [-0.39, 0.29) is 35.3 Å². The molecule has 0 aromatic heterocycles. The molecule has 4 heterocycles. The van der Waals surface area contributed by atoms with Crippen molar-refractivity contribution in [3.8, 4) is 0 Å². The van der Waals surface area contributed by atoms with E-state index < -0.39 is 11.9 Å². The third-order valence-electron chi connectivity index (χ3n) is 30.5. The maximum Gasteiger partial charge on any atom is 0.304 e. The number of esters is 2. The number of carbonyl (C=O) groups excluding carboxylic acids is 2. The van der Waals surface area contributed by atoms with Gasteiger partial charge in [0.1, 0.15) is 0 Å². The minimum Gasteiger partial charge on any atom is -0.466 e. The standard InChI is InChI=1S/C20H34O4.C18H30O2.2C18H30O.C16H26O/c1-13-16-11-20(22,19(5)9-6-8-18(3,4)12-19)10-7-15(16)17(23-13)24-14(2)21;1-4-15-12-17(18(3)10-6-5-7-11-18)9-8-16(15)13-20-14(2)19;2*1-13-16-7-6-15(10-14(16)11-19-13)18(4)9-5-8-17(2,3)12-18;1-12-15-7-6-14(10-13(15)11-17-12)16(2)8-4-3-5-9-16/h13,15-17,22H,6-12H2,1-5H3;12,15-16H,4-11,13H2,1-3H3;2*10,13-14,16H,5-9,11-12H2,1-4H3;10,12-13,15H,3-9,11H2,1-2H3/t13-,15-,16-,17+,19?,20-;15-,16-;13-,14+,16-,18+;13-,14-,16+,18+;12-,13+,15-/m10110/s1. The van der Waals surface area contributed by atoms with Gasteiger partial charge >= 0.3 is 11.9 Å². The van der Waals surface area contributed by atoms with Gasteiger partial charge in [0.25, 0.3) is 0 Å². The minimum atomic E-state index is -0.630. The SMILES string of the molecule is CC(=O)O[C@@H]1O[C@H](C)[C@H]2C[C@@](O)(C3(C)CCCC(C)(C)C3)CC[C@@H]12.CC[C@H]1C=C(C2(C)CCCCC2)CC[C@H]1COC(C)=O.C[C@@H]1OC[C@H]2C=C(C3(C)CCCCC3)CC[C@H]21.C[C@H]1OC[C@@H]2C=C([C@@]3(C)CCCC(C)(C)C3)CC[C@@H]21.C[C@H]1OC[C@H]2C=C([C@@]3(C)CCCC(C)(C)C3)CC[C@H]21. The van der Waals surface area contributed by atoms with Crippen LogP contribution in [0.4, 0.5) is 0 Å². The van der Waals surface area contributed by atoms with Crippen molar-refractivity contribution in [2.24, 2.45) is 102 Å². The fourth-order valence-corrected chi connectivity index (χ4v) is 24.5. The summed E-state index contributed by atoms with van der Waals surface area (Å²) in [5.74, 6) is 5.74. The number of ether oxygens (including phenoxy) is 6. The molecular formula is C90H150O9. The Labute approximate surface area is 606 Å². The maximum atomic E-state index is 11.7. The van der Waals surface area contributed by atoms with Gasteiger partial charge in [-0.2, -0.15) is 0 Å². The lowest BCUT2D eigenvalue weighted by Crippen LogP contribution is -2.55. The van der Waals surface area contributed by atoms with Crippen LogP contribution in [0.15, 0.2) is 46.6 Å². The fourth-order valence-electron chi connectivity index (χ4n) is 24.5. The van der Waals surface area contributed by atoms with Crippen LogP contribution in [0.5, 0.6) is 0 Å². The molecule has 0 aromatic carbocycles. The van der Waals surface area contributed by atoms with Crippen LogP contribution < -0.4 is 0 Å². The summed E-state index contributed by atoms with van der Waals surface area (Å²) >= 11 is 0. The first-order valence-electron chi connectivity index (χ1n) is 42.0. The van der Waals surface area contributed by atoms with E-state index in [0.29, 0.717) is 86.5 Å². The summed E-state index contributed by atoms with van der Waals surface area (Å²) < 4.78 is 34.1. The van der Waals surface area contributed by atoms with Gasteiger partial charge in [-0.15, -0.1) is 0 Å². The zero-order valence-corrected chi connectivity index (χ0v) is 67.1. The highest BCUT2D eigenvalue weighted by atomic mass is 16.7. The Balaban J connectivity index is 0.000000134. The Morgan fingerprint density at radius 1 is 0.444 bits per heavy atom. The first-order chi connectivity index (χ1) is 46.6. The second-order valence-electron chi connectivity index (χ2n) is 40.1. The largest absolute Gasteiger partial charge is 0.466 e. The molecule has 19 atom stereocenters. The Morgan fingerprint density at radius 3 is 1.26 bits per heavy atom. The molecule has 10 aliphatic carbocycles. The predicted molar refractivity (Wildman–Crippen MR) is 406 cm³/mol. The van der Waals surface area contributed by atoms with Crippen molar-refractivity contribution in [1.82, 2.24) is 0 Å². The molecule has 0 amide bonds. The molecule has 9 heteroatoms. The van der Waals surface area contributed by atoms with E-state index in [9.17, 15) is 14.7 Å². The average Bonchev–Trinajstić information content (AvgIpc) is 1.71. The highest BCUT2D eigenvalue weighted by Crippen LogP contribution is 2.61. The van der Waals surface area contributed by atoms with Gasteiger partial charge in [0.15, 0.2) is 0 Å². The summed E-state index contributed by atoms with van der Waals surface area (Å²) in [5, 5.41) is 11.7. The predicted octanol–water partition coefficient (Wildman–Crippen LogP) is 23.2. The Morgan fingerprint density at radius 2 is 0.848 bits per heavy atom. The van der Waals surface area contributed by atoms with E-state index in [1.165, 1.54) is 194 Å².